The third-order valence-corrected chi connectivity index (χ3v) is 2.92. The number of rotatable bonds is 6. The average molecular weight is 264 g/mol. The molecule has 1 atom stereocenters. The number of hydrogen-bond acceptors (Lipinski definition) is 4. The Morgan fingerprint density at radius 2 is 2.42 bits per heavy atom. The maximum atomic E-state index is 11.5. The van der Waals surface area contributed by atoms with Crippen molar-refractivity contribution in [2.45, 2.75) is 18.9 Å². The summed E-state index contributed by atoms with van der Waals surface area (Å²) in [7, 11) is 1.74. The lowest BCUT2D eigenvalue weighted by molar-refractivity contribution is -0.115. The van der Waals surface area contributed by atoms with E-state index in [1.54, 1.807) is 7.05 Å². The number of ether oxygens (including phenoxy) is 2. The van der Waals surface area contributed by atoms with Crippen LogP contribution in [0.15, 0.2) is 24.3 Å². The maximum absolute atomic E-state index is 11.5. The quantitative estimate of drug-likeness (QED) is 0.815. The molecule has 0 saturated carbocycles. The van der Waals surface area contributed by atoms with E-state index < -0.39 is 0 Å². The molecule has 1 heterocycles. The highest BCUT2D eigenvalue weighted by Gasteiger charge is 2.15. The summed E-state index contributed by atoms with van der Waals surface area (Å²) in [6.07, 6.45) is 2.36. The Morgan fingerprint density at radius 1 is 1.53 bits per heavy atom. The molecule has 0 spiro atoms. The highest BCUT2D eigenvalue weighted by molar-refractivity contribution is 5.92. The Hall–Kier alpha value is -1.59. The standard InChI is InChI=1S/C14H20N2O3/c1-15-9-14(17)16-11-4-2-5-12(8-11)19-10-13-6-3-7-18-13/h2,4-5,8,13,15H,3,6-7,9-10H2,1H3,(H,16,17). The molecule has 1 saturated heterocycles. The Labute approximate surface area is 113 Å². The average Bonchev–Trinajstić information content (AvgIpc) is 2.90. The molecule has 0 radical (unpaired) electrons. The lowest BCUT2D eigenvalue weighted by atomic mass is 10.2. The predicted octanol–water partition coefficient (Wildman–Crippen LogP) is 1.40. The third kappa shape index (κ3) is 4.54. The van der Waals surface area contributed by atoms with Gasteiger partial charge in [-0.05, 0) is 32.0 Å². The van der Waals surface area contributed by atoms with E-state index in [1.165, 1.54) is 0 Å². The molecule has 0 aromatic heterocycles. The van der Waals surface area contributed by atoms with Crippen molar-refractivity contribution in [3.05, 3.63) is 24.3 Å². The van der Waals surface area contributed by atoms with Crippen molar-refractivity contribution in [1.29, 1.82) is 0 Å². The van der Waals surface area contributed by atoms with E-state index >= 15 is 0 Å². The molecule has 5 nitrogen and oxygen atoms in total. The van der Waals surface area contributed by atoms with E-state index in [1.807, 2.05) is 24.3 Å². The van der Waals surface area contributed by atoms with Crippen LogP contribution in [0.1, 0.15) is 12.8 Å². The fraction of sp³-hybridized carbons (Fsp3) is 0.500. The Balaban J connectivity index is 1.85. The number of hydrogen-bond donors (Lipinski definition) is 2. The van der Waals surface area contributed by atoms with Gasteiger partial charge in [-0.2, -0.15) is 0 Å². The summed E-state index contributed by atoms with van der Waals surface area (Å²) in [6.45, 7) is 1.68. The van der Waals surface area contributed by atoms with Crippen LogP contribution in [0, 0.1) is 0 Å². The van der Waals surface area contributed by atoms with E-state index in [0.29, 0.717) is 13.2 Å². The Morgan fingerprint density at radius 3 is 3.16 bits per heavy atom. The number of anilines is 1. The molecule has 1 unspecified atom stereocenters. The lowest BCUT2D eigenvalue weighted by Gasteiger charge is -2.12. The highest BCUT2D eigenvalue weighted by atomic mass is 16.5. The molecule has 1 fully saturated rings. The van der Waals surface area contributed by atoms with Gasteiger partial charge in [0.1, 0.15) is 12.4 Å². The van der Waals surface area contributed by atoms with E-state index in [9.17, 15) is 4.79 Å². The summed E-state index contributed by atoms with van der Waals surface area (Å²) in [5.74, 6) is 0.677. The molecule has 1 aliphatic rings. The van der Waals surface area contributed by atoms with Crippen LogP contribution in [0.4, 0.5) is 5.69 Å². The van der Waals surface area contributed by atoms with Gasteiger partial charge in [0.15, 0.2) is 0 Å². The monoisotopic (exact) mass is 264 g/mol. The topological polar surface area (TPSA) is 59.6 Å². The molecule has 1 aromatic rings. The van der Waals surface area contributed by atoms with Gasteiger partial charge in [-0.3, -0.25) is 4.79 Å². The van der Waals surface area contributed by atoms with Crippen LogP contribution in [-0.2, 0) is 9.53 Å². The van der Waals surface area contributed by atoms with Gasteiger partial charge in [0.05, 0.1) is 12.6 Å². The lowest BCUT2D eigenvalue weighted by Crippen LogP contribution is -2.25. The summed E-state index contributed by atoms with van der Waals surface area (Å²) in [5.41, 5.74) is 0.741. The molecule has 2 N–H and O–H groups in total. The SMILES string of the molecule is CNCC(=O)Nc1cccc(OCC2CCCO2)c1. The second-order valence-electron chi connectivity index (χ2n) is 4.55. The minimum absolute atomic E-state index is 0.0706. The van der Waals surface area contributed by atoms with Gasteiger partial charge >= 0.3 is 0 Å². The van der Waals surface area contributed by atoms with Gasteiger partial charge in [-0.1, -0.05) is 6.07 Å². The first-order valence-electron chi connectivity index (χ1n) is 6.57. The minimum Gasteiger partial charge on any atom is -0.491 e. The van der Waals surface area contributed by atoms with Crippen LogP contribution in [0.5, 0.6) is 5.75 Å². The fourth-order valence-electron chi connectivity index (χ4n) is 1.99. The van der Waals surface area contributed by atoms with Gasteiger partial charge in [-0.15, -0.1) is 0 Å². The van der Waals surface area contributed by atoms with Crippen molar-refractivity contribution in [2.24, 2.45) is 0 Å². The molecule has 104 valence electrons. The highest BCUT2D eigenvalue weighted by Crippen LogP contribution is 2.19. The molecule has 5 heteroatoms. The van der Waals surface area contributed by atoms with Crippen molar-refractivity contribution in [2.75, 3.05) is 32.1 Å². The Kier molecular flexibility index (Phi) is 5.18. The van der Waals surface area contributed by atoms with Gasteiger partial charge in [0.2, 0.25) is 5.91 Å². The molecule has 1 aliphatic heterocycles. The second kappa shape index (κ2) is 7.11. The van der Waals surface area contributed by atoms with Crippen molar-refractivity contribution >= 4 is 11.6 Å². The van der Waals surface area contributed by atoms with E-state index in [0.717, 1.165) is 30.9 Å². The Bertz CT molecular complexity index is 417. The number of nitrogens with one attached hydrogen (secondary N) is 2. The number of benzene rings is 1. The van der Waals surface area contributed by atoms with Gasteiger partial charge in [0.25, 0.3) is 0 Å². The van der Waals surface area contributed by atoms with Crippen molar-refractivity contribution < 1.29 is 14.3 Å². The first-order valence-corrected chi connectivity index (χ1v) is 6.57. The minimum atomic E-state index is -0.0706. The van der Waals surface area contributed by atoms with Crippen molar-refractivity contribution in [1.82, 2.24) is 5.32 Å². The normalized spacial score (nSPS) is 18.3. The number of carbonyl (C=O) groups is 1. The summed E-state index contributed by atoms with van der Waals surface area (Å²) < 4.78 is 11.2. The molecule has 2 rings (SSSR count). The van der Waals surface area contributed by atoms with Crippen LogP contribution in [0.25, 0.3) is 0 Å². The first-order chi connectivity index (χ1) is 9.28. The molecule has 0 aliphatic carbocycles. The molecular formula is C14H20N2O3. The molecule has 1 aromatic carbocycles. The zero-order valence-corrected chi connectivity index (χ0v) is 11.1. The summed E-state index contributed by atoms with van der Waals surface area (Å²) in [5, 5.41) is 5.60. The number of likely N-dealkylation sites (N-methyl/N-ethyl adjacent to an activating group) is 1. The van der Waals surface area contributed by atoms with Gasteiger partial charge in [-0.25, -0.2) is 0 Å². The van der Waals surface area contributed by atoms with Crippen molar-refractivity contribution in [3.8, 4) is 5.75 Å². The fourth-order valence-corrected chi connectivity index (χ4v) is 1.99. The molecule has 19 heavy (non-hydrogen) atoms. The van der Waals surface area contributed by atoms with E-state index in [-0.39, 0.29) is 12.0 Å². The van der Waals surface area contributed by atoms with Crippen molar-refractivity contribution in [3.63, 3.8) is 0 Å². The van der Waals surface area contributed by atoms with E-state index in [4.69, 9.17) is 9.47 Å². The van der Waals surface area contributed by atoms with Crippen LogP contribution in [0.3, 0.4) is 0 Å². The summed E-state index contributed by atoms with van der Waals surface area (Å²) >= 11 is 0. The summed E-state index contributed by atoms with van der Waals surface area (Å²) in [6, 6.07) is 7.40. The van der Waals surface area contributed by atoms with Crippen LogP contribution >= 0.6 is 0 Å². The van der Waals surface area contributed by atoms with Crippen LogP contribution < -0.4 is 15.4 Å². The van der Waals surface area contributed by atoms with Gasteiger partial charge in [0, 0.05) is 18.4 Å². The molecule has 1 amide bonds. The maximum Gasteiger partial charge on any atom is 0.238 e. The number of carbonyl (C=O) groups excluding carboxylic acids is 1. The van der Waals surface area contributed by atoms with Crippen LogP contribution in [0.2, 0.25) is 0 Å². The zero-order valence-electron chi connectivity index (χ0n) is 11.1. The number of amides is 1. The van der Waals surface area contributed by atoms with Crippen LogP contribution in [-0.4, -0.2) is 38.8 Å². The largest absolute Gasteiger partial charge is 0.491 e. The third-order valence-electron chi connectivity index (χ3n) is 2.92. The molecular weight excluding hydrogens is 244 g/mol. The zero-order chi connectivity index (χ0) is 13.5. The van der Waals surface area contributed by atoms with E-state index in [2.05, 4.69) is 10.6 Å². The smallest absolute Gasteiger partial charge is 0.238 e. The van der Waals surface area contributed by atoms with Gasteiger partial charge < -0.3 is 20.1 Å². The predicted molar refractivity (Wildman–Crippen MR) is 73.5 cm³/mol. The first kappa shape index (κ1) is 13.8. The summed E-state index contributed by atoms with van der Waals surface area (Å²) in [4.78, 5) is 11.5. The second-order valence-corrected chi connectivity index (χ2v) is 4.55. The molecule has 0 bridgehead atoms.